The average Bonchev–Trinajstić information content (AvgIpc) is 2.62. The maximum absolute atomic E-state index is 12.2. The van der Waals surface area contributed by atoms with Crippen LogP contribution in [0.4, 0.5) is 0 Å². The van der Waals surface area contributed by atoms with Crippen LogP contribution in [0.3, 0.4) is 0 Å². The van der Waals surface area contributed by atoms with Gasteiger partial charge in [-0.25, -0.2) is 0 Å². The van der Waals surface area contributed by atoms with Gasteiger partial charge in [0.05, 0.1) is 19.1 Å². The summed E-state index contributed by atoms with van der Waals surface area (Å²) in [5.41, 5.74) is 2.69. The van der Waals surface area contributed by atoms with Gasteiger partial charge in [-0.1, -0.05) is 42.0 Å². The van der Waals surface area contributed by atoms with Crippen molar-refractivity contribution < 1.29 is 9.53 Å². The second kappa shape index (κ2) is 9.00. The van der Waals surface area contributed by atoms with Crippen molar-refractivity contribution in [2.45, 2.75) is 44.8 Å². The van der Waals surface area contributed by atoms with Crippen LogP contribution in [0.1, 0.15) is 37.7 Å². The quantitative estimate of drug-likeness (QED) is 0.817. The van der Waals surface area contributed by atoms with Crippen LogP contribution in [-0.2, 0) is 16.1 Å². The Morgan fingerprint density at radius 1 is 1.25 bits per heavy atom. The van der Waals surface area contributed by atoms with Crippen molar-refractivity contribution >= 4 is 5.91 Å². The van der Waals surface area contributed by atoms with Crippen molar-refractivity contribution in [2.24, 2.45) is 0 Å². The van der Waals surface area contributed by atoms with Crippen LogP contribution >= 0.6 is 0 Å². The Kier molecular flexibility index (Phi) is 6.44. The summed E-state index contributed by atoms with van der Waals surface area (Å²) in [6.07, 6.45) is 7.56. The molecule has 1 amide bonds. The summed E-state index contributed by atoms with van der Waals surface area (Å²) in [5.74, 6) is 0.105. The van der Waals surface area contributed by atoms with Gasteiger partial charge in [-0.2, -0.15) is 0 Å². The minimum atomic E-state index is 0.00259. The van der Waals surface area contributed by atoms with E-state index in [1.807, 2.05) is 6.07 Å². The molecule has 1 aromatic rings. The van der Waals surface area contributed by atoms with Crippen LogP contribution in [0.25, 0.3) is 0 Å². The predicted molar refractivity (Wildman–Crippen MR) is 95.6 cm³/mol. The fraction of sp³-hybridized carbons (Fsp3) is 0.550. The third-order valence-corrected chi connectivity index (χ3v) is 4.78. The molecule has 1 aliphatic heterocycles. The third kappa shape index (κ3) is 5.46. The zero-order valence-electron chi connectivity index (χ0n) is 14.4. The zero-order valence-corrected chi connectivity index (χ0v) is 14.4. The van der Waals surface area contributed by atoms with E-state index in [0.717, 1.165) is 32.5 Å². The molecule has 3 rings (SSSR count). The lowest BCUT2D eigenvalue weighted by Crippen LogP contribution is -2.44. The summed E-state index contributed by atoms with van der Waals surface area (Å²) in [5, 5.41) is 3.06. The molecule has 130 valence electrons. The summed E-state index contributed by atoms with van der Waals surface area (Å²) in [7, 11) is 0. The minimum Gasteiger partial charge on any atom is -0.375 e. The number of allylic oxidation sites excluding steroid dienone is 1. The molecule has 1 aromatic carbocycles. The number of benzene rings is 1. The van der Waals surface area contributed by atoms with Crippen LogP contribution in [0, 0.1) is 0 Å². The van der Waals surface area contributed by atoms with Crippen molar-refractivity contribution in [1.82, 2.24) is 10.2 Å². The summed E-state index contributed by atoms with van der Waals surface area (Å²) in [6, 6.07) is 10.5. The van der Waals surface area contributed by atoms with Gasteiger partial charge in [0.25, 0.3) is 0 Å². The van der Waals surface area contributed by atoms with E-state index >= 15 is 0 Å². The van der Waals surface area contributed by atoms with Crippen LogP contribution in [0.15, 0.2) is 42.0 Å². The summed E-state index contributed by atoms with van der Waals surface area (Å²) in [4.78, 5) is 14.6. The number of hydrogen-bond acceptors (Lipinski definition) is 3. The number of carbonyl (C=O) groups excluding carboxylic acids is 1. The van der Waals surface area contributed by atoms with Gasteiger partial charge < -0.3 is 10.1 Å². The monoisotopic (exact) mass is 328 g/mol. The normalized spacial score (nSPS) is 22.0. The van der Waals surface area contributed by atoms with E-state index < -0.39 is 0 Å². The largest absolute Gasteiger partial charge is 0.375 e. The number of rotatable bonds is 6. The number of nitrogens with zero attached hydrogens (tertiary/aromatic N) is 1. The molecule has 24 heavy (non-hydrogen) atoms. The van der Waals surface area contributed by atoms with Crippen molar-refractivity contribution in [3.05, 3.63) is 47.5 Å². The maximum atomic E-state index is 12.2. The predicted octanol–water partition coefficient (Wildman–Crippen LogP) is 2.89. The molecule has 4 nitrogen and oxygen atoms in total. The zero-order chi connectivity index (χ0) is 16.6. The summed E-state index contributed by atoms with van der Waals surface area (Å²) in [6.45, 7) is 4.09. The smallest absolute Gasteiger partial charge is 0.222 e. The van der Waals surface area contributed by atoms with Gasteiger partial charge >= 0.3 is 0 Å². The molecule has 1 fully saturated rings. The lowest BCUT2D eigenvalue weighted by Gasteiger charge is -2.32. The van der Waals surface area contributed by atoms with E-state index in [4.69, 9.17) is 4.74 Å². The first kappa shape index (κ1) is 17.2. The second-order valence-corrected chi connectivity index (χ2v) is 6.80. The van der Waals surface area contributed by atoms with E-state index in [1.54, 1.807) is 0 Å². The average molecular weight is 328 g/mol. The Bertz CT molecular complexity index is 556. The van der Waals surface area contributed by atoms with E-state index in [0.29, 0.717) is 19.6 Å². The number of hydrogen-bond donors (Lipinski definition) is 1. The van der Waals surface area contributed by atoms with Gasteiger partial charge in [-0.05, 0) is 31.2 Å². The standard InChI is InChI=1S/C20H28N2O2/c23-20(21-14-17-7-3-1-4-8-17)13-19-16-22(11-12-24-19)15-18-9-5-2-6-10-18/h2,5-7,9-10,19H,1,3-4,8,11-16H2,(H,21,23)/t19-/m1/s1. The number of carbonyl (C=O) groups is 1. The highest BCUT2D eigenvalue weighted by Gasteiger charge is 2.23. The molecule has 0 bridgehead atoms. The minimum absolute atomic E-state index is 0.00259. The molecular formula is C20H28N2O2. The SMILES string of the molecule is O=C(C[C@@H]1CN(Cc2ccccc2)CCO1)NCC1=CCCCC1. The molecule has 2 aliphatic rings. The van der Waals surface area contributed by atoms with Crippen molar-refractivity contribution in [3.8, 4) is 0 Å². The Balaban J connectivity index is 1.41. The van der Waals surface area contributed by atoms with Gasteiger partial charge in [-0.15, -0.1) is 0 Å². The molecule has 1 heterocycles. The lowest BCUT2D eigenvalue weighted by atomic mass is 10.00. The number of morpholine rings is 1. The van der Waals surface area contributed by atoms with Crippen molar-refractivity contribution in [2.75, 3.05) is 26.2 Å². The highest BCUT2D eigenvalue weighted by atomic mass is 16.5. The number of nitrogens with one attached hydrogen (secondary N) is 1. The molecule has 4 heteroatoms. The molecule has 0 aromatic heterocycles. The van der Waals surface area contributed by atoms with E-state index in [2.05, 4.69) is 40.6 Å². The highest BCUT2D eigenvalue weighted by Crippen LogP contribution is 2.16. The van der Waals surface area contributed by atoms with Gasteiger partial charge in [0.1, 0.15) is 0 Å². The molecule has 0 radical (unpaired) electrons. The first-order chi connectivity index (χ1) is 11.8. The molecule has 1 atom stereocenters. The topological polar surface area (TPSA) is 41.6 Å². The van der Waals surface area contributed by atoms with Crippen LogP contribution in [-0.4, -0.2) is 43.2 Å². The lowest BCUT2D eigenvalue weighted by molar-refractivity contribution is -0.126. The van der Waals surface area contributed by atoms with Gasteiger partial charge in [0.2, 0.25) is 5.91 Å². The van der Waals surface area contributed by atoms with Crippen LogP contribution in [0.2, 0.25) is 0 Å². The highest BCUT2D eigenvalue weighted by molar-refractivity contribution is 5.76. The Morgan fingerprint density at radius 3 is 2.92 bits per heavy atom. The van der Waals surface area contributed by atoms with Crippen LogP contribution < -0.4 is 5.32 Å². The van der Waals surface area contributed by atoms with Crippen LogP contribution in [0.5, 0.6) is 0 Å². The molecule has 0 spiro atoms. The fourth-order valence-corrected chi connectivity index (χ4v) is 3.45. The molecule has 1 aliphatic carbocycles. The Labute approximate surface area is 144 Å². The summed E-state index contributed by atoms with van der Waals surface area (Å²) >= 11 is 0. The van der Waals surface area contributed by atoms with E-state index in [-0.39, 0.29) is 12.0 Å². The number of ether oxygens (including phenoxy) is 1. The van der Waals surface area contributed by atoms with Crippen molar-refractivity contribution in [3.63, 3.8) is 0 Å². The van der Waals surface area contributed by atoms with E-state index in [1.165, 1.54) is 24.0 Å². The third-order valence-electron chi connectivity index (χ3n) is 4.78. The van der Waals surface area contributed by atoms with Crippen molar-refractivity contribution in [1.29, 1.82) is 0 Å². The van der Waals surface area contributed by atoms with Gasteiger partial charge in [0.15, 0.2) is 0 Å². The molecule has 1 N–H and O–H groups in total. The molecule has 0 saturated carbocycles. The van der Waals surface area contributed by atoms with Gasteiger partial charge in [-0.3, -0.25) is 9.69 Å². The molecule has 0 unspecified atom stereocenters. The Hall–Kier alpha value is -1.65. The summed E-state index contributed by atoms with van der Waals surface area (Å²) < 4.78 is 5.79. The second-order valence-electron chi connectivity index (χ2n) is 6.80. The fourth-order valence-electron chi connectivity index (χ4n) is 3.45. The first-order valence-corrected chi connectivity index (χ1v) is 9.12. The molecule has 1 saturated heterocycles. The maximum Gasteiger partial charge on any atom is 0.222 e. The Morgan fingerprint density at radius 2 is 2.12 bits per heavy atom. The van der Waals surface area contributed by atoms with E-state index in [9.17, 15) is 4.79 Å². The van der Waals surface area contributed by atoms with Gasteiger partial charge in [0, 0.05) is 26.2 Å². The first-order valence-electron chi connectivity index (χ1n) is 9.12. The molecular weight excluding hydrogens is 300 g/mol. The number of amides is 1.